The molecule has 0 aromatic heterocycles. The van der Waals surface area contributed by atoms with E-state index in [0.717, 1.165) is 24.7 Å². The van der Waals surface area contributed by atoms with Gasteiger partial charge in [-0.15, -0.1) is 18.2 Å². The number of ether oxygens (including phenoxy) is 1. The number of rotatable bonds is 7. The van der Waals surface area contributed by atoms with Crippen molar-refractivity contribution in [2.75, 3.05) is 24.7 Å². The third-order valence-electron chi connectivity index (χ3n) is 2.36. The number of hydrogen-bond acceptors (Lipinski definition) is 3. The molecule has 80 valence electrons. The summed E-state index contributed by atoms with van der Waals surface area (Å²) in [5.74, 6) is 4.56. The van der Waals surface area contributed by atoms with E-state index in [0.29, 0.717) is 12.1 Å². The van der Waals surface area contributed by atoms with Gasteiger partial charge in [-0.3, -0.25) is 0 Å². The van der Waals surface area contributed by atoms with Crippen LogP contribution in [0.3, 0.4) is 0 Å². The number of nitrogens with one attached hydrogen (secondary N) is 1. The summed E-state index contributed by atoms with van der Waals surface area (Å²) in [7, 11) is 0. The fourth-order valence-electron chi connectivity index (χ4n) is 1.57. The van der Waals surface area contributed by atoms with E-state index in [1.807, 2.05) is 11.8 Å². The molecule has 1 N–H and O–H groups in total. The molecule has 0 heterocycles. The van der Waals surface area contributed by atoms with E-state index >= 15 is 0 Å². The van der Waals surface area contributed by atoms with Gasteiger partial charge in [-0.05, 0) is 19.8 Å². The van der Waals surface area contributed by atoms with Gasteiger partial charge in [0.2, 0.25) is 0 Å². The lowest BCUT2D eigenvalue weighted by molar-refractivity contribution is -0.00929. The summed E-state index contributed by atoms with van der Waals surface area (Å²) in [6, 6.07) is 0.679. The second-order valence-electron chi connectivity index (χ2n) is 3.46. The van der Waals surface area contributed by atoms with E-state index in [1.54, 1.807) is 0 Å². The molecule has 0 bridgehead atoms. The molecule has 3 heteroatoms. The molecule has 0 aliphatic heterocycles. The van der Waals surface area contributed by atoms with Crippen LogP contribution < -0.4 is 5.32 Å². The van der Waals surface area contributed by atoms with Gasteiger partial charge in [0.05, 0.1) is 11.9 Å². The molecule has 0 saturated heterocycles. The van der Waals surface area contributed by atoms with Gasteiger partial charge in [0.15, 0.2) is 0 Å². The van der Waals surface area contributed by atoms with Gasteiger partial charge < -0.3 is 10.1 Å². The van der Waals surface area contributed by atoms with Gasteiger partial charge in [0.25, 0.3) is 0 Å². The van der Waals surface area contributed by atoms with Crippen molar-refractivity contribution in [1.82, 2.24) is 5.32 Å². The zero-order valence-electron chi connectivity index (χ0n) is 8.79. The van der Waals surface area contributed by atoms with Crippen LogP contribution in [0.2, 0.25) is 0 Å². The van der Waals surface area contributed by atoms with Crippen LogP contribution in [-0.2, 0) is 4.74 Å². The largest absolute Gasteiger partial charge is 0.378 e. The minimum Gasteiger partial charge on any atom is -0.378 e. The van der Waals surface area contributed by atoms with Crippen LogP contribution in [0.5, 0.6) is 0 Å². The van der Waals surface area contributed by atoms with Crippen molar-refractivity contribution in [2.24, 2.45) is 0 Å². The molecule has 0 radical (unpaired) electrons. The quantitative estimate of drug-likeness (QED) is 0.512. The summed E-state index contributed by atoms with van der Waals surface area (Å²) < 4.78 is 5.48. The lowest BCUT2D eigenvalue weighted by Gasteiger charge is -2.35. The third kappa shape index (κ3) is 4.36. The van der Waals surface area contributed by atoms with Crippen molar-refractivity contribution in [3.05, 3.63) is 0 Å². The normalized spacial score (nSPS) is 25.4. The maximum Gasteiger partial charge on any atom is 0.0604 e. The van der Waals surface area contributed by atoms with Crippen molar-refractivity contribution in [2.45, 2.75) is 31.9 Å². The Kier molecular flexibility index (Phi) is 6.09. The molecular formula is C11H19NOS. The van der Waals surface area contributed by atoms with E-state index in [9.17, 15) is 0 Å². The van der Waals surface area contributed by atoms with E-state index in [4.69, 9.17) is 11.2 Å². The Morgan fingerprint density at radius 3 is 3.00 bits per heavy atom. The Balaban J connectivity index is 1.84. The van der Waals surface area contributed by atoms with Gasteiger partial charge in [-0.25, -0.2) is 0 Å². The van der Waals surface area contributed by atoms with E-state index in [1.165, 1.54) is 12.8 Å². The summed E-state index contributed by atoms with van der Waals surface area (Å²) in [6.45, 7) is 3.96. The molecule has 0 amide bonds. The van der Waals surface area contributed by atoms with Crippen molar-refractivity contribution in [3.63, 3.8) is 0 Å². The van der Waals surface area contributed by atoms with Crippen LogP contribution in [0.15, 0.2) is 0 Å². The van der Waals surface area contributed by atoms with Gasteiger partial charge in [-0.2, -0.15) is 0 Å². The standard InChI is InChI=1S/C11H19NOS/c1-3-6-14-7-5-12-10-8-11(9-10)13-4-2/h1,10-12H,4-9H2,2H3. The van der Waals surface area contributed by atoms with Gasteiger partial charge >= 0.3 is 0 Å². The predicted molar refractivity (Wildman–Crippen MR) is 62.6 cm³/mol. The van der Waals surface area contributed by atoms with Crippen LogP contribution in [-0.4, -0.2) is 36.8 Å². The number of terminal acetylenes is 1. The molecule has 0 aromatic carbocycles. The monoisotopic (exact) mass is 213 g/mol. The SMILES string of the molecule is C#CCSCCNC1CC(OCC)C1. The topological polar surface area (TPSA) is 21.3 Å². The van der Waals surface area contributed by atoms with E-state index < -0.39 is 0 Å². The maximum absolute atomic E-state index is 5.48. The summed E-state index contributed by atoms with van der Waals surface area (Å²) in [6.07, 6.45) is 8.01. The predicted octanol–water partition coefficient (Wildman–Crippen LogP) is 1.51. The molecule has 0 atom stereocenters. The summed E-state index contributed by atoms with van der Waals surface area (Å²) in [5, 5.41) is 3.50. The van der Waals surface area contributed by atoms with Gasteiger partial charge in [0.1, 0.15) is 0 Å². The Morgan fingerprint density at radius 2 is 2.36 bits per heavy atom. The van der Waals surface area contributed by atoms with Gasteiger partial charge in [0, 0.05) is 24.9 Å². The van der Waals surface area contributed by atoms with E-state index in [-0.39, 0.29) is 0 Å². The zero-order chi connectivity index (χ0) is 10.2. The minimum atomic E-state index is 0.510. The van der Waals surface area contributed by atoms with Crippen molar-refractivity contribution in [3.8, 4) is 12.3 Å². The van der Waals surface area contributed by atoms with Crippen LogP contribution >= 0.6 is 11.8 Å². The first-order valence-electron chi connectivity index (χ1n) is 5.23. The average molecular weight is 213 g/mol. The second kappa shape index (κ2) is 7.17. The maximum atomic E-state index is 5.48. The van der Waals surface area contributed by atoms with Crippen molar-refractivity contribution in [1.29, 1.82) is 0 Å². The lowest BCUT2D eigenvalue weighted by Crippen LogP contribution is -2.46. The summed E-state index contributed by atoms with van der Waals surface area (Å²) >= 11 is 1.81. The summed E-state index contributed by atoms with van der Waals surface area (Å²) in [5.41, 5.74) is 0. The van der Waals surface area contributed by atoms with Crippen LogP contribution in [0.1, 0.15) is 19.8 Å². The highest BCUT2D eigenvalue weighted by molar-refractivity contribution is 7.99. The first kappa shape index (κ1) is 11.9. The fourth-order valence-corrected chi connectivity index (χ4v) is 2.09. The molecule has 14 heavy (non-hydrogen) atoms. The Labute approximate surface area is 91.2 Å². The summed E-state index contributed by atoms with van der Waals surface area (Å²) in [4.78, 5) is 0. The molecular weight excluding hydrogens is 194 g/mol. The first-order chi connectivity index (χ1) is 6.86. The highest BCUT2D eigenvalue weighted by Gasteiger charge is 2.28. The molecule has 0 spiro atoms. The fraction of sp³-hybridized carbons (Fsp3) is 0.818. The second-order valence-corrected chi connectivity index (χ2v) is 4.56. The number of hydrogen-bond donors (Lipinski definition) is 1. The molecule has 1 rings (SSSR count). The zero-order valence-corrected chi connectivity index (χ0v) is 9.61. The Morgan fingerprint density at radius 1 is 1.57 bits per heavy atom. The Hall–Kier alpha value is -0.170. The lowest BCUT2D eigenvalue weighted by atomic mass is 9.89. The van der Waals surface area contributed by atoms with E-state index in [2.05, 4.69) is 18.2 Å². The third-order valence-corrected chi connectivity index (χ3v) is 3.23. The van der Waals surface area contributed by atoms with Crippen molar-refractivity contribution < 1.29 is 4.74 Å². The molecule has 1 aliphatic carbocycles. The van der Waals surface area contributed by atoms with Crippen LogP contribution in [0, 0.1) is 12.3 Å². The molecule has 2 nitrogen and oxygen atoms in total. The molecule has 1 saturated carbocycles. The molecule has 1 fully saturated rings. The highest BCUT2D eigenvalue weighted by Crippen LogP contribution is 2.22. The van der Waals surface area contributed by atoms with Crippen LogP contribution in [0.4, 0.5) is 0 Å². The Bertz CT molecular complexity index is 184. The average Bonchev–Trinajstić information content (AvgIpc) is 2.13. The molecule has 1 aliphatic rings. The number of thioether (sulfide) groups is 1. The highest BCUT2D eigenvalue weighted by atomic mass is 32.2. The van der Waals surface area contributed by atoms with Crippen LogP contribution in [0.25, 0.3) is 0 Å². The van der Waals surface area contributed by atoms with Crippen molar-refractivity contribution >= 4 is 11.8 Å². The molecule has 0 unspecified atom stereocenters. The first-order valence-corrected chi connectivity index (χ1v) is 6.38. The molecule has 0 aromatic rings. The van der Waals surface area contributed by atoms with Gasteiger partial charge in [-0.1, -0.05) is 5.92 Å². The minimum absolute atomic E-state index is 0.510. The smallest absolute Gasteiger partial charge is 0.0604 e.